The monoisotopic (exact) mass is 308 g/mol. The Hall–Kier alpha value is -0.530. The zero-order valence-electron chi connectivity index (χ0n) is 15.8. The highest BCUT2D eigenvalue weighted by Crippen LogP contribution is 2.66. The van der Waals surface area contributed by atoms with Crippen molar-refractivity contribution in [2.75, 3.05) is 0 Å². The quantitative estimate of drug-likeness (QED) is 0.597. The van der Waals surface area contributed by atoms with Crippen LogP contribution in [0, 0.1) is 28.1 Å². The predicted molar refractivity (Wildman–Crippen MR) is 91.6 cm³/mol. The SMILES string of the molecule is CCC(C)CC(C)(CC)C(=O)OC1CC2CCC1(C)C2(C)C. The van der Waals surface area contributed by atoms with Gasteiger partial charge >= 0.3 is 5.97 Å². The molecule has 0 aromatic carbocycles. The highest BCUT2D eigenvalue weighted by molar-refractivity contribution is 5.76. The molecule has 2 saturated carbocycles. The number of carbonyl (C=O) groups is 1. The number of fused-ring (bicyclic) bond motifs is 2. The molecule has 5 atom stereocenters. The van der Waals surface area contributed by atoms with Crippen LogP contribution in [-0.2, 0) is 9.53 Å². The summed E-state index contributed by atoms with van der Waals surface area (Å²) in [6.45, 7) is 15.7. The van der Waals surface area contributed by atoms with E-state index in [-0.39, 0.29) is 22.9 Å². The summed E-state index contributed by atoms with van der Waals surface area (Å²) in [5, 5.41) is 0. The first-order valence-corrected chi connectivity index (χ1v) is 9.31. The fourth-order valence-corrected chi connectivity index (χ4v) is 4.87. The summed E-state index contributed by atoms with van der Waals surface area (Å²) < 4.78 is 6.15. The fourth-order valence-electron chi connectivity index (χ4n) is 4.87. The average Bonchev–Trinajstić information content (AvgIpc) is 2.80. The van der Waals surface area contributed by atoms with Gasteiger partial charge in [0.15, 0.2) is 0 Å². The molecular formula is C20H36O2. The van der Waals surface area contributed by atoms with Crippen LogP contribution >= 0.6 is 0 Å². The number of carbonyl (C=O) groups excluding carboxylic acids is 1. The molecule has 0 saturated heterocycles. The molecule has 0 aromatic heterocycles. The first-order chi connectivity index (χ1) is 10.1. The van der Waals surface area contributed by atoms with Crippen molar-refractivity contribution in [1.82, 2.24) is 0 Å². The summed E-state index contributed by atoms with van der Waals surface area (Å²) in [7, 11) is 0. The normalized spacial score (nSPS) is 36.9. The number of ether oxygens (including phenoxy) is 1. The minimum absolute atomic E-state index is 0.0462. The van der Waals surface area contributed by atoms with Crippen molar-refractivity contribution >= 4 is 5.97 Å². The molecule has 22 heavy (non-hydrogen) atoms. The highest BCUT2D eigenvalue weighted by atomic mass is 16.5. The van der Waals surface area contributed by atoms with E-state index in [0.717, 1.165) is 31.6 Å². The van der Waals surface area contributed by atoms with Crippen molar-refractivity contribution in [2.24, 2.45) is 28.1 Å². The van der Waals surface area contributed by atoms with Gasteiger partial charge < -0.3 is 4.74 Å². The van der Waals surface area contributed by atoms with Crippen molar-refractivity contribution in [3.8, 4) is 0 Å². The Balaban J connectivity index is 2.09. The van der Waals surface area contributed by atoms with E-state index in [1.807, 2.05) is 0 Å². The molecule has 2 rings (SSSR count). The van der Waals surface area contributed by atoms with Gasteiger partial charge in [0.25, 0.3) is 0 Å². The molecule has 0 radical (unpaired) electrons. The molecule has 2 aliphatic carbocycles. The van der Waals surface area contributed by atoms with E-state index in [1.165, 1.54) is 12.8 Å². The average molecular weight is 309 g/mol. The van der Waals surface area contributed by atoms with Crippen LogP contribution in [0.4, 0.5) is 0 Å². The summed E-state index contributed by atoms with van der Waals surface area (Å²) in [5.41, 5.74) is 0.146. The van der Waals surface area contributed by atoms with Gasteiger partial charge in [-0.25, -0.2) is 0 Å². The van der Waals surface area contributed by atoms with Gasteiger partial charge in [-0.3, -0.25) is 4.79 Å². The smallest absolute Gasteiger partial charge is 0.312 e. The molecule has 128 valence electrons. The minimum Gasteiger partial charge on any atom is -0.461 e. The summed E-state index contributed by atoms with van der Waals surface area (Å²) in [4.78, 5) is 12.9. The van der Waals surface area contributed by atoms with Gasteiger partial charge in [0.1, 0.15) is 6.10 Å². The first kappa shape index (κ1) is 17.8. The lowest BCUT2D eigenvalue weighted by Crippen LogP contribution is -2.41. The summed E-state index contributed by atoms with van der Waals surface area (Å²) in [6, 6.07) is 0. The van der Waals surface area contributed by atoms with Gasteiger partial charge in [-0.15, -0.1) is 0 Å². The summed E-state index contributed by atoms with van der Waals surface area (Å²) >= 11 is 0. The van der Waals surface area contributed by atoms with Crippen molar-refractivity contribution in [3.63, 3.8) is 0 Å². The van der Waals surface area contributed by atoms with Crippen molar-refractivity contribution < 1.29 is 9.53 Å². The zero-order valence-corrected chi connectivity index (χ0v) is 15.8. The third-order valence-corrected chi connectivity index (χ3v) is 7.73. The van der Waals surface area contributed by atoms with Crippen LogP contribution in [0.25, 0.3) is 0 Å². The molecule has 0 aromatic rings. The summed E-state index contributed by atoms with van der Waals surface area (Å²) in [5.74, 6) is 1.34. The third-order valence-electron chi connectivity index (χ3n) is 7.73. The molecule has 2 aliphatic rings. The lowest BCUT2D eigenvalue weighted by molar-refractivity contribution is -0.169. The van der Waals surface area contributed by atoms with Gasteiger partial charge in [-0.05, 0) is 56.3 Å². The molecule has 2 nitrogen and oxygen atoms in total. The highest BCUT2D eigenvalue weighted by Gasteiger charge is 2.63. The van der Waals surface area contributed by atoms with E-state index in [0.29, 0.717) is 11.3 Å². The Kier molecular flexibility index (Phi) is 4.73. The van der Waals surface area contributed by atoms with E-state index < -0.39 is 0 Å². The molecule has 0 spiro atoms. The second kappa shape index (κ2) is 5.83. The lowest BCUT2D eigenvalue weighted by Gasteiger charge is -2.40. The van der Waals surface area contributed by atoms with Crippen LogP contribution in [0.2, 0.25) is 0 Å². The predicted octanol–water partition coefficient (Wildman–Crippen LogP) is 5.60. The molecule has 0 N–H and O–H groups in total. The van der Waals surface area contributed by atoms with Crippen molar-refractivity contribution in [3.05, 3.63) is 0 Å². The fraction of sp³-hybridized carbons (Fsp3) is 0.950. The van der Waals surface area contributed by atoms with Gasteiger partial charge in [0.2, 0.25) is 0 Å². The Morgan fingerprint density at radius 3 is 2.36 bits per heavy atom. The topological polar surface area (TPSA) is 26.3 Å². The van der Waals surface area contributed by atoms with Crippen molar-refractivity contribution in [2.45, 2.75) is 93.1 Å². The number of rotatable bonds is 6. The maximum atomic E-state index is 12.9. The molecule has 2 heteroatoms. The molecule has 0 heterocycles. The van der Waals surface area contributed by atoms with Crippen LogP contribution in [-0.4, -0.2) is 12.1 Å². The van der Waals surface area contributed by atoms with Gasteiger partial charge in [-0.2, -0.15) is 0 Å². The van der Waals surface area contributed by atoms with Crippen LogP contribution in [0.3, 0.4) is 0 Å². The molecule has 0 amide bonds. The van der Waals surface area contributed by atoms with E-state index in [1.54, 1.807) is 0 Å². The maximum Gasteiger partial charge on any atom is 0.312 e. The van der Waals surface area contributed by atoms with Crippen LogP contribution in [0.5, 0.6) is 0 Å². The second-order valence-electron chi connectivity index (χ2n) is 9.14. The van der Waals surface area contributed by atoms with Crippen molar-refractivity contribution in [1.29, 1.82) is 0 Å². The lowest BCUT2D eigenvalue weighted by atomic mass is 9.70. The molecule has 0 aliphatic heterocycles. The van der Waals surface area contributed by atoms with Crippen LogP contribution in [0.1, 0.15) is 87.0 Å². The number of hydrogen-bond acceptors (Lipinski definition) is 2. The second-order valence-corrected chi connectivity index (χ2v) is 9.14. The molecule has 5 unspecified atom stereocenters. The van der Waals surface area contributed by atoms with Gasteiger partial charge in [-0.1, -0.05) is 48.0 Å². The summed E-state index contributed by atoms with van der Waals surface area (Å²) in [6.07, 6.45) is 6.63. The van der Waals surface area contributed by atoms with E-state index in [4.69, 9.17) is 4.74 Å². The Morgan fingerprint density at radius 2 is 1.95 bits per heavy atom. The molecule has 2 fully saturated rings. The first-order valence-electron chi connectivity index (χ1n) is 9.31. The Morgan fingerprint density at radius 1 is 1.32 bits per heavy atom. The van der Waals surface area contributed by atoms with Crippen LogP contribution in [0.15, 0.2) is 0 Å². The maximum absolute atomic E-state index is 12.9. The number of esters is 1. The minimum atomic E-state index is -0.322. The standard InChI is InChI=1S/C20H36O2/c1-8-14(3)13-19(6,9-2)17(21)22-16-12-15-10-11-20(16,7)18(15,4)5/h14-16H,8-13H2,1-7H3. The Labute approximate surface area is 137 Å². The number of hydrogen-bond donors (Lipinski definition) is 0. The van der Waals surface area contributed by atoms with E-state index in [9.17, 15) is 4.79 Å². The zero-order chi connectivity index (χ0) is 16.8. The van der Waals surface area contributed by atoms with E-state index in [2.05, 4.69) is 48.5 Å². The van der Waals surface area contributed by atoms with Gasteiger partial charge in [0.05, 0.1) is 5.41 Å². The molecule has 2 bridgehead atoms. The van der Waals surface area contributed by atoms with Gasteiger partial charge in [0, 0.05) is 5.41 Å². The third kappa shape index (κ3) is 2.61. The Bertz CT molecular complexity index is 427. The van der Waals surface area contributed by atoms with Crippen LogP contribution < -0.4 is 0 Å². The largest absolute Gasteiger partial charge is 0.461 e. The molecular weight excluding hydrogens is 272 g/mol. The van der Waals surface area contributed by atoms with E-state index >= 15 is 0 Å².